The van der Waals surface area contributed by atoms with Gasteiger partial charge in [-0.3, -0.25) is 0 Å². The number of nitrogens with zero attached hydrogens (tertiary/aromatic N) is 2. The van der Waals surface area contributed by atoms with Crippen molar-refractivity contribution in [1.29, 1.82) is 0 Å². The Morgan fingerprint density at radius 1 is 1.20 bits per heavy atom. The highest BCUT2D eigenvalue weighted by atomic mass is 79.9. The lowest BCUT2D eigenvalue weighted by molar-refractivity contribution is -0.140. The van der Waals surface area contributed by atoms with Gasteiger partial charge in [0.1, 0.15) is 5.75 Å². The summed E-state index contributed by atoms with van der Waals surface area (Å²) >= 11 is 9.14. The number of halogens is 2. The van der Waals surface area contributed by atoms with Crippen LogP contribution in [0.4, 0.5) is 0 Å². The average Bonchev–Trinajstić information content (AvgIpc) is 3.26. The molecule has 3 nitrogen and oxygen atoms in total. The van der Waals surface area contributed by atoms with Gasteiger partial charge in [-0.15, -0.1) is 11.3 Å². The highest BCUT2D eigenvalue weighted by molar-refractivity contribution is 9.11. The SMILES string of the molecule is Brc1cc(Br)c2c(c1)C1CC(c3cccs3)=NN1C1(CCCCC1)O2. The Labute approximate surface area is 168 Å². The van der Waals surface area contributed by atoms with Gasteiger partial charge in [0.25, 0.3) is 0 Å². The smallest absolute Gasteiger partial charge is 0.198 e. The summed E-state index contributed by atoms with van der Waals surface area (Å²) in [4.78, 5) is 1.27. The van der Waals surface area contributed by atoms with E-state index in [0.29, 0.717) is 0 Å². The second-order valence-electron chi connectivity index (χ2n) is 7.00. The minimum atomic E-state index is -0.286. The predicted molar refractivity (Wildman–Crippen MR) is 108 cm³/mol. The first-order chi connectivity index (χ1) is 12.2. The van der Waals surface area contributed by atoms with Crippen LogP contribution >= 0.6 is 43.2 Å². The van der Waals surface area contributed by atoms with E-state index in [4.69, 9.17) is 9.84 Å². The van der Waals surface area contributed by atoms with Crippen LogP contribution in [0.3, 0.4) is 0 Å². The Kier molecular flexibility index (Phi) is 3.99. The minimum absolute atomic E-state index is 0.257. The molecule has 1 spiro atoms. The molecule has 2 aliphatic heterocycles. The van der Waals surface area contributed by atoms with Crippen molar-refractivity contribution in [2.75, 3.05) is 0 Å². The zero-order valence-corrected chi connectivity index (χ0v) is 17.7. The summed E-state index contributed by atoms with van der Waals surface area (Å²) in [6.07, 6.45) is 6.74. The van der Waals surface area contributed by atoms with Gasteiger partial charge in [-0.05, 0) is 52.4 Å². The number of rotatable bonds is 1. The summed E-state index contributed by atoms with van der Waals surface area (Å²) in [6, 6.07) is 8.82. The summed E-state index contributed by atoms with van der Waals surface area (Å²) in [5, 5.41) is 9.51. The Bertz CT molecular complexity index is 843. The number of ether oxygens (including phenoxy) is 1. The molecule has 6 heteroatoms. The monoisotopic (exact) mass is 480 g/mol. The molecule has 1 unspecified atom stereocenters. The standard InChI is InChI=1S/C19H18Br2N2OS/c20-12-9-13-16-11-15(17-5-4-8-25-17)22-23(16)19(6-2-1-3-7-19)24-18(13)14(21)10-12/h4-5,8-10,16H,1-3,6-7,11H2. The van der Waals surface area contributed by atoms with Crippen molar-refractivity contribution in [3.63, 3.8) is 0 Å². The van der Waals surface area contributed by atoms with Gasteiger partial charge in [-0.1, -0.05) is 28.4 Å². The van der Waals surface area contributed by atoms with Gasteiger partial charge in [-0.2, -0.15) is 5.10 Å². The molecule has 0 saturated heterocycles. The third kappa shape index (κ3) is 2.60. The van der Waals surface area contributed by atoms with E-state index < -0.39 is 0 Å². The molecule has 3 heterocycles. The van der Waals surface area contributed by atoms with E-state index in [9.17, 15) is 0 Å². The van der Waals surface area contributed by atoms with Crippen molar-refractivity contribution >= 4 is 48.9 Å². The molecular formula is C19H18Br2N2OS. The third-order valence-electron chi connectivity index (χ3n) is 5.46. The number of thiophene rings is 1. The maximum absolute atomic E-state index is 6.68. The van der Waals surface area contributed by atoms with E-state index in [-0.39, 0.29) is 11.8 Å². The van der Waals surface area contributed by atoms with E-state index in [1.807, 2.05) is 0 Å². The molecule has 2 aromatic rings. The van der Waals surface area contributed by atoms with Crippen LogP contribution in [0.2, 0.25) is 0 Å². The molecule has 1 fully saturated rings. The molecule has 3 aliphatic rings. The molecule has 25 heavy (non-hydrogen) atoms. The van der Waals surface area contributed by atoms with E-state index >= 15 is 0 Å². The molecule has 0 radical (unpaired) electrons. The first-order valence-electron chi connectivity index (χ1n) is 8.75. The zero-order chi connectivity index (χ0) is 17.0. The number of hydrazone groups is 1. The van der Waals surface area contributed by atoms with Gasteiger partial charge in [0, 0.05) is 29.3 Å². The Morgan fingerprint density at radius 3 is 2.80 bits per heavy atom. The van der Waals surface area contributed by atoms with Gasteiger partial charge in [0.05, 0.1) is 21.1 Å². The Balaban J connectivity index is 1.65. The van der Waals surface area contributed by atoms with Crippen LogP contribution in [0.25, 0.3) is 0 Å². The van der Waals surface area contributed by atoms with E-state index in [1.165, 1.54) is 35.4 Å². The molecule has 1 saturated carbocycles. The quantitative estimate of drug-likeness (QED) is 0.465. The zero-order valence-electron chi connectivity index (χ0n) is 13.7. The minimum Gasteiger partial charge on any atom is -0.465 e. The maximum atomic E-state index is 6.68. The molecule has 1 aromatic heterocycles. The summed E-state index contributed by atoms with van der Waals surface area (Å²) in [6.45, 7) is 0. The normalized spacial score (nSPS) is 23.8. The predicted octanol–water partition coefficient (Wildman–Crippen LogP) is 6.48. The fourth-order valence-corrected chi connectivity index (χ4v) is 6.39. The average molecular weight is 482 g/mol. The molecule has 1 aromatic carbocycles. The van der Waals surface area contributed by atoms with Crippen LogP contribution in [-0.4, -0.2) is 16.4 Å². The van der Waals surface area contributed by atoms with Crippen LogP contribution in [-0.2, 0) is 0 Å². The van der Waals surface area contributed by atoms with Gasteiger partial charge in [-0.25, -0.2) is 5.01 Å². The van der Waals surface area contributed by atoms with Gasteiger partial charge in [0.2, 0.25) is 0 Å². The molecule has 5 rings (SSSR count). The van der Waals surface area contributed by atoms with Gasteiger partial charge < -0.3 is 4.74 Å². The summed E-state index contributed by atoms with van der Waals surface area (Å²) in [7, 11) is 0. The topological polar surface area (TPSA) is 24.8 Å². The fraction of sp³-hybridized carbons (Fsp3) is 0.421. The third-order valence-corrected chi connectivity index (χ3v) is 7.42. The van der Waals surface area contributed by atoms with Crippen molar-refractivity contribution < 1.29 is 4.74 Å². The maximum Gasteiger partial charge on any atom is 0.198 e. The highest BCUT2D eigenvalue weighted by Crippen LogP contribution is 2.53. The fourth-order valence-electron chi connectivity index (χ4n) is 4.33. The van der Waals surface area contributed by atoms with Crippen LogP contribution in [0.1, 0.15) is 55.0 Å². The highest BCUT2D eigenvalue weighted by Gasteiger charge is 2.51. The van der Waals surface area contributed by atoms with Crippen molar-refractivity contribution in [3.05, 3.63) is 49.0 Å². The Morgan fingerprint density at radius 2 is 2.04 bits per heavy atom. The molecule has 0 amide bonds. The largest absolute Gasteiger partial charge is 0.465 e. The van der Waals surface area contributed by atoms with Crippen LogP contribution in [0.15, 0.2) is 43.7 Å². The Hall–Kier alpha value is -0.850. The van der Waals surface area contributed by atoms with Crippen molar-refractivity contribution in [1.82, 2.24) is 5.01 Å². The first kappa shape index (κ1) is 16.3. The second-order valence-corrected chi connectivity index (χ2v) is 9.72. The van der Waals surface area contributed by atoms with Crippen LogP contribution in [0, 0.1) is 0 Å². The molecule has 0 bridgehead atoms. The molecule has 1 atom stereocenters. The first-order valence-corrected chi connectivity index (χ1v) is 11.2. The van der Waals surface area contributed by atoms with Crippen molar-refractivity contribution in [3.8, 4) is 5.75 Å². The van der Waals surface area contributed by atoms with Crippen molar-refractivity contribution in [2.24, 2.45) is 5.10 Å². The van der Waals surface area contributed by atoms with Gasteiger partial charge >= 0.3 is 0 Å². The lowest BCUT2D eigenvalue weighted by Gasteiger charge is -2.49. The van der Waals surface area contributed by atoms with Crippen LogP contribution in [0.5, 0.6) is 5.75 Å². The number of hydrogen-bond donors (Lipinski definition) is 0. The van der Waals surface area contributed by atoms with E-state index in [0.717, 1.165) is 34.0 Å². The van der Waals surface area contributed by atoms with E-state index in [1.54, 1.807) is 11.3 Å². The number of hydrogen-bond acceptors (Lipinski definition) is 4. The van der Waals surface area contributed by atoms with E-state index in [2.05, 4.69) is 66.5 Å². The molecule has 130 valence electrons. The van der Waals surface area contributed by atoms with Crippen LogP contribution < -0.4 is 4.74 Å². The lowest BCUT2D eigenvalue weighted by Crippen LogP contribution is -2.54. The summed E-state index contributed by atoms with van der Waals surface area (Å²) in [5.74, 6) is 1.01. The van der Waals surface area contributed by atoms with Gasteiger partial charge in [0.15, 0.2) is 5.72 Å². The summed E-state index contributed by atoms with van der Waals surface area (Å²) in [5.41, 5.74) is 2.14. The summed E-state index contributed by atoms with van der Waals surface area (Å²) < 4.78 is 8.79. The number of fused-ring (bicyclic) bond motifs is 4. The van der Waals surface area contributed by atoms with Crippen molar-refractivity contribution in [2.45, 2.75) is 50.3 Å². The molecule has 0 N–H and O–H groups in total. The molecular weight excluding hydrogens is 464 g/mol. The molecule has 1 aliphatic carbocycles. The lowest BCUT2D eigenvalue weighted by atomic mass is 9.87. The number of benzene rings is 1. The second kappa shape index (κ2) is 6.10.